The molecule has 0 radical (unpaired) electrons. The molecule has 1 atom stereocenters. The lowest BCUT2D eigenvalue weighted by molar-refractivity contribution is -0.137. The number of nitrogens with zero attached hydrogens (tertiary/aromatic N) is 1. The van der Waals surface area contributed by atoms with E-state index in [4.69, 9.17) is 10.4 Å². The highest BCUT2D eigenvalue weighted by Crippen LogP contribution is 2.18. The predicted octanol–water partition coefficient (Wildman–Crippen LogP) is 1.58. The first-order valence-electron chi connectivity index (χ1n) is 4.24. The summed E-state index contributed by atoms with van der Waals surface area (Å²) >= 11 is 0. The zero-order chi connectivity index (χ0) is 11.4. The first-order chi connectivity index (χ1) is 7.06. The Bertz CT molecular complexity index is 426. The molecule has 0 aromatic heterocycles. The van der Waals surface area contributed by atoms with E-state index in [-0.39, 0.29) is 11.3 Å². The number of hydrogen-bond donors (Lipinski definition) is 2. The Morgan fingerprint density at radius 3 is 2.87 bits per heavy atom. The standard InChI is InChI=1S/C10H9FN2O2/c1-6(10(14)15)13-9-4-2-3-8(11)7(9)5-12/h2-4,6,13H,1H3,(H,14,15). The monoisotopic (exact) mass is 208 g/mol. The van der Waals surface area contributed by atoms with Crippen LogP contribution in [-0.2, 0) is 4.79 Å². The van der Waals surface area contributed by atoms with Gasteiger partial charge in [-0.3, -0.25) is 4.79 Å². The minimum absolute atomic E-state index is 0.175. The minimum atomic E-state index is -1.07. The van der Waals surface area contributed by atoms with Gasteiger partial charge < -0.3 is 10.4 Å². The molecule has 0 saturated heterocycles. The highest BCUT2D eigenvalue weighted by Gasteiger charge is 2.14. The number of halogens is 1. The number of anilines is 1. The van der Waals surface area contributed by atoms with Crippen LogP contribution in [0.15, 0.2) is 18.2 Å². The first kappa shape index (κ1) is 11.0. The van der Waals surface area contributed by atoms with E-state index in [1.165, 1.54) is 19.1 Å². The summed E-state index contributed by atoms with van der Waals surface area (Å²) in [5, 5.41) is 19.9. The lowest BCUT2D eigenvalue weighted by Crippen LogP contribution is -2.25. The van der Waals surface area contributed by atoms with Crippen molar-refractivity contribution in [2.75, 3.05) is 5.32 Å². The maximum atomic E-state index is 13.1. The van der Waals surface area contributed by atoms with E-state index < -0.39 is 17.8 Å². The van der Waals surface area contributed by atoms with E-state index in [1.807, 2.05) is 0 Å². The van der Waals surface area contributed by atoms with E-state index in [9.17, 15) is 9.18 Å². The Balaban J connectivity index is 3.01. The molecule has 5 heteroatoms. The SMILES string of the molecule is CC(Nc1cccc(F)c1C#N)C(=O)O. The predicted molar refractivity (Wildman–Crippen MR) is 51.8 cm³/mol. The van der Waals surface area contributed by atoms with Crippen molar-refractivity contribution in [1.82, 2.24) is 0 Å². The molecule has 0 spiro atoms. The van der Waals surface area contributed by atoms with Crippen LogP contribution >= 0.6 is 0 Å². The van der Waals surface area contributed by atoms with Gasteiger partial charge in [0.2, 0.25) is 0 Å². The van der Waals surface area contributed by atoms with Crippen LogP contribution in [0.2, 0.25) is 0 Å². The van der Waals surface area contributed by atoms with Crippen molar-refractivity contribution >= 4 is 11.7 Å². The van der Waals surface area contributed by atoms with Gasteiger partial charge in [-0.1, -0.05) is 6.07 Å². The van der Waals surface area contributed by atoms with Gasteiger partial charge in [0.1, 0.15) is 23.5 Å². The minimum Gasteiger partial charge on any atom is -0.480 e. The maximum Gasteiger partial charge on any atom is 0.325 e. The zero-order valence-electron chi connectivity index (χ0n) is 7.99. The number of rotatable bonds is 3. The summed E-state index contributed by atoms with van der Waals surface area (Å²) < 4.78 is 13.1. The van der Waals surface area contributed by atoms with Crippen LogP contribution in [0.1, 0.15) is 12.5 Å². The number of hydrogen-bond acceptors (Lipinski definition) is 3. The smallest absolute Gasteiger partial charge is 0.325 e. The Hall–Kier alpha value is -2.09. The molecule has 78 valence electrons. The van der Waals surface area contributed by atoms with Crippen molar-refractivity contribution in [1.29, 1.82) is 5.26 Å². The summed E-state index contributed by atoms with van der Waals surface area (Å²) in [6.45, 7) is 1.41. The molecule has 0 saturated carbocycles. The third-order valence-electron chi connectivity index (χ3n) is 1.87. The second-order valence-electron chi connectivity index (χ2n) is 2.98. The number of nitriles is 1. The lowest BCUT2D eigenvalue weighted by Gasteiger charge is -2.11. The average Bonchev–Trinajstić information content (AvgIpc) is 2.18. The van der Waals surface area contributed by atoms with E-state index in [2.05, 4.69) is 5.32 Å². The average molecular weight is 208 g/mol. The normalized spacial score (nSPS) is 11.5. The molecule has 15 heavy (non-hydrogen) atoms. The van der Waals surface area contributed by atoms with Gasteiger partial charge in [0.25, 0.3) is 0 Å². The molecule has 2 N–H and O–H groups in total. The van der Waals surface area contributed by atoms with Crippen molar-refractivity contribution in [3.8, 4) is 6.07 Å². The van der Waals surface area contributed by atoms with E-state index in [1.54, 1.807) is 6.07 Å². The van der Waals surface area contributed by atoms with Crippen molar-refractivity contribution < 1.29 is 14.3 Å². The molecular weight excluding hydrogens is 199 g/mol. The van der Waals surface area contributed by atoms with Crippen LogP contribution in [0.4, 0.5) is 10.1 Å². The number of aliphatic carboxylic acids is 1. The largest absolute Gasteiger partial charge is 0.480 e. The molecular formula is C10H9FN2O2. The Morgan fingerprint density at radius 2 is 2.33 bits per heavy atom. The lowest BCUT2D eigenvalue weighted by atomic mass is 10.1. The second-order valence-corrected chi connectivity index (χ2v) is 2.98. The van der Waals surface area contributed by atoms with Gasteiger partial charge in [0.05, 0.1) is 5.69 Å². The van der Waals surface area contributed by atoms with Crippen LogP contribution in [-0.4, -0.2) is 17.1 Å². The Kier molecular flexibility index (Phi) is 3.24. The first-order valence-corrected chi connectivity index (χ1v) is 4.24. The fourth-order valence-electron chi connectivity index (χ4n) is 1.05. The van der Waals surface area contributed by atoms with E-state index >= 15 is 0 Å². The summed E-state index contributed by atoms with van der Waals surface area (Å²) in [6, 6.07) is 4.82. The molecule has 1 aromatic rings. The molecule has 1 rings (SSSR count). The van der Waals surface area contributed by atoms with Gasteiger partial charge in [-0.25, -0.2) is 4.39 Å². The fraction of sp³-hybridized carbons (Fsp3) is 0.200. The van der Waals surface area contributed by atoms with Crippen molar-refractivity contribution in [3.05, 3.63) is 29.6 Å². The number of benzene rings is 1. The zero-order valence-corrected chi connectivity index (χ0v) is 7.99. The van der Waals surface area contributed by atoms with E-state index in [0.717, 1.165) is 6.07 Å². The molecule has 0 heterocycles. The van der Waals surface area contributed by atoms with Gasteiger partial charge in [0.15, 0.2) is 0 Å². The molecule has 1 aromatic carbocycles. The van der Waals surface area contributed by atoms with Gasteiger partial charge >= 0.3 is 5.97 Å². The third kappa shape index (κ3) is 2.44. The summed E-state index contributed by atoms with van der Waals surface area (Å²) in [5.74, 6) is -1.73. The molecule has 0 aliphatic rings. The molecule has 0 fully saturated rings. The van der Waals surface area contributed by atoms with Crippen LogP contribution < -0.4 is 5.32 Å². The number of carboxylic acids is 1. The summed E-state index contributed by atoms with van der Waals surface area (Å²) in [6.07, 6.45) is 0. The van der Waals surface area contributed by atoms with Crippen molar-refractivity contribution in [2.45, 2.75) is 13.0 Å². The number of carboxylic acid groups (broad SMARTS) is 1. The molecule has 0 amide bonds. The van der Waals surface area contributed by atoms with Crippen molar-refractivity contribution in [3.63, 3.8) is 0 Å². The van der Waals surface area contributed by atoms with Gasteiger partial charge in [-0.15, -0.1) is 0 Å². The van der Waals surface area contributed by atoms with Crippen LogP contribution in [0.3, 0.4) is 0 Å². The van der Waals surface area contributed by atoms with Gasteiger partial charge in [0, 0.05) is 0 Å². The second kappa shape index (κ2) is 4.42. The molecule has 0 aliphatic heterocycles. The third-order valence-corrected chi connectivity index (χ3v) is 1.87. The van der Waals surface area contributed by atoms with Gasteiger partial charge in [-0.2, -0.15) is 5.26 Å². The molecule has 1 unspecified atom stereocenters. The van der Waals surface area contributed by atoms with Gasteiger partial charge in [-0.05, 0) is 19.1 Å². The summed E-state index contributed by atoms with van der Waals surface area (Å²) in [7, 11) is 0. The maximum absolute atomic E-state index is 13.1. The highest BCUT2D eigenvalue weighted by molar-refractivity contribution is 5.77. The quantitative estimate of drug-likeness (QED) is 0.790. The Labute approximate surface area is 86.0 Å². The Morgan fingerprint density at radius 1 is 1.67 bits per heavy atom. The summed E-state index contributed by atoms with van der Waals surface area (Å²) in [4.78, 5) is 10.5. The van der Waals surface area contributed by atoms with Crippen molar-refractivity contribution in [2.24, 2.45) is 0 Å². The highest BCUT2D eigenvalue weighted by atomic mass is 19.1. The van der Waals surface area contributed by atoms with Crippen LogP contribution in [0, 0.1) is 17.1 Å². The number of carbonyl (C=O) groups is 1. The summed E-state index contributed by atoms with van der Waals surface area (Å²) in [5.41, 5.74) is 0.0120. The van der Waals surface area contributed by atoms with E-state index in [0.29, 0.717) is 0 Å². The van der Waals surface area contributed by atoms with Crippen LogP contribution in [0.5, 0.6) is 0 Å². The fourth-order valence-corrected chi connectivity index (χ4v) is 1.05. The molecule has 0 aliphatic carbocycles. The molecule has 0 bridgehead atoms. The number of nitrogens with one attached hydrogen (secondary N) is 1. The topological polar surface area (TPSA) is 73.1 Å². The van der Waals surface area contributed by atoms with Crippen LogP contribution in [0.25, 0.3) is 0 Å². The molecule has 4 nitrogen and oxygen atoms in total.